The zero-order valence-electron chi connectivity index (χ0n) is 17.6. The number of aromatic nitrogens is 5. The Balaban J connectivity index is 1.93. The van der Waals surface area contributed by atoms with Crippen molar-refractivity contribution in [2.45, 2.75) is 40.5 Å². The summed E-state index contributed by atoms with van der Waals surface area (Å²) in [6.45, 7) is 9.79. The van der Waals surface area contributed by atoms with Gasteiger partial charge in [-0.1, -0.05) is 6.92 Å². The van der Waals surface area contributed by atoms with Crippen LogP contribution in [0.15, 0.2) is 6.07 Å². The molecular formula is C21H28N6O. The largest absolute Gasteiger partial charge is 0.338 e. The van der Waals surface area contributed by atoms with Crippen LogP contribution in [0.25, 0.3) is 22.3 Å². The van der Waals surface area contributed by atoms with Gasteiger partial charge in [-0.3, -0.25) is 14.2 Å². The summed E-state index contributed by atoms with van der Waals surface area (Å²) in [5, 5.41) is 9.92. The first-order valence-electron chi connectivity index (χ1n) is 9.92. The Hall–Kier alpha value is -2.70. The molecule has 148 valence electrons. The van der Waals surface area contributed by atoms with Crippen LogP contribution >= 0.6 is 0 Å². The molecule has 1 aliphatic rings. The number of hydrogen-bond acceptors (Lipinski definition) is 4. The number of amides is 1. The summed E-state index contributed by atoms with van der Waals surface area (Å²) in [6.07, 6.45) is 2.24. The minimum Gasteiger partial charge on any atom is -0.338 e. The lowest BCUT2D eigenvalue weighted by atomic mass is 9.98. The molecular weight excluding hydrogens is 352 g/mol. The third-order valence-electron chi connectivity index (χ3n) is 5.91. The molecule has 28 heavy (non-hydrogen) atoms. The summed E-state index contributed by atoms with van der Waals surface area (Å²) in [7, 11) is 3.81. The highest BCUT2D eigenvalue weighted by atomic mass is 16.2. The first-order valence-corrected chi connectivity index (χ1v) is 9.92. The molecule has 1 aliphatic heterocycles. The van der Waals surface area contributed by atoms with Crippen molar-refractivity contribution in [2.75, 3.05) is 13.1 Å². The van der Waals surface area contributed by atoms with E-state index in [0.29, 0.717) is 11.5 Å². The normalized spacial score (nSPS) is 17.5. The predicted octanol–water partition coefficient (Wildman–Crippen LogP) is 3.17. The minimum atomic E-state index is 0.0792. The van der Waals surface area contributed by atoms with Gasteiger partial charge in [-0.15, -0.1) is 0 Å². The van der Waals surface area contributed by atoms with E-state index in [2.05, 4.69) is 17.1 Å². The Morgan fingerprint density at radius 3 is 2.46 bits per heavy atom. The van der Waals surface area contributed by atoms with E-state index >= 15 is 0 Å². The number of piperidine rings is 1. The first-order chi connectivity index (χ1) is 13.3. The predicted molar refractivity (Wildman–Crippen MR) is 109 cm³/mol. The molecule has 0 spiro atoms. The van der Waals surface area contributed by atoms with Crippen LogP contribution in [0.4, 0.5) is 0 Å². The quantitative estimate of drug-likeness (QED) is 0.685. The fraction of sp³-hybridized carbons (Fsp3) is 0.524. The van der Waals surface area contributed by atoms with Crippen molar-refractivity contribution in [3.05, 3.63) is 28.7 Å². The van der Waals surface area contributed by atoms with E-state index in [4.69, 9.17) is 4.98 Å². The summed E-state index contributed by atoms with van der Waals surface area (Å²) in [5.74, 6) is 0.614. The molecule has 1 amide bonds. The van der Waals surface area contributed by atoms with Crippen molar-refractivity contribution in [3.8, 4) is 11.3 Å². The fourth-order valence-electron chi connectivity index (χ4n) is 4.43. The lowest BCUT2D eigenvalue weighted by molar-refractivity contribution is 0.0685. The van der Waals surface area contributed by atoms with Crippen LogP contribution in [0.5, 0.6) is 0 Å². The average Bonchev–Trinajstić information content (AvgIpc) is 3.08. The van der Waals surface area contributed by atoms with E-state index in [-0.39, 0.29) is 5.91 Å². The monoisotopic (exact) mass is 380 g/mol. The van der Waals surface area contributed by atoms with Gasteiger partial charge in [0, 0.05) is 38.4 Å². The molecule has 3 aromatic rings. The van der Waals surface area contributed by atoms with E-state index in [1.165, 1.54) is 6.42 Å². The molecule has 1 unspecified atom stereocenters. The van der Waals surface area contributed by atoms with Crippen LogP contribution in [-0.4, -0.2) is 48.4 Å². The van der Waals surface area contributed by atoms with Crippen molar-refractivity contribution < 1.29 is 4.79 Å². The van der Waals surface area contributed by atoms with Crippen molar-refractivity contribution in [3.63, 3.8) is 0 Å². The Morgan fingerprint density at radius 1 is 1.11 bits per heavy atom. The van der Waals surface area contributed by atoms with Gasteiger partial charge in [-0.05, 0) is 45.6 Å². The summed E-state index contributed by atoms with van der Waals surface area (Å²) in [6, 6.07) is 1.94. The maximum Gasteiger partial charge on any atom is 0.254 e. The zero-order chi connectivity index (χ0) is 20.2. The Kier molecular flexibility index (Phi) is 4.48. The van der Waals surface area contributed by atoms with Gasteiger partial charge in [0.15, 0.2) is 5.65 Å². The van der Waals surface area contributed by atoms with Crippen LogP contribution in [0, 0.1) is 26.7 Å². The molecule has 4 rings (SSSR count). The van der Waals surface area contributed by atoms with Gasteiger partial charge in [-0.2, -0.15) is 10.2 Å². The summed E-state index contributed by atoms with van der Waals surface area (Å²) in [5.41, 5.74) is 6.00. The molecule has 4 heterocycles. The molecule has 0 bridgehead atoms. The number of likely N-dealkylation sites (tertiary alicyclic amines) is 1. The van der Waals surface area contributed by atoms with Gasteiger partial charge < -0.3 is 4.90 Å². The molecule has 1 atom stereocenters. The molecule has 3 aromatic heterocycles. The van der Waals surface area contributed by atoms with Crippen LogP contribution in [0.2, 0.25) is 0 Å². The second-order valence-electron chi connectivity index (χ2n) is 8.13. The number of pyridine rings is 1. The number of carbonyl (C=O) groups excluding carboxylic acids is 1. The van der Waals surface area contributed by atoms with Gasteiger partial charge >= 0.3 is 0 Å². The van der Waals surface area contributed by atoms with Gasteiger partial charge in [0.2, 0.25) is 0 Å². The number of hydrogen-bond donors (Lipinski definition) is 0. The van der Waals surface area contributed by atoms with Gasteiger partial charge in [-0.25, -0.2) is 4.98 Å². The number of rotatable bonds is 2. The molecule has 0 N–H and O–H groups in total. The minimum absolute atomic E-state index is 0.0792. The SMILES string of the molecule is Cc1nn(C)c(C)c1-c1cc(C(=O)N2CCCC(C)C2)c2c(C)nn(C)c2n1. The van der Waals surface area contributed by atoms with E-state index in [1.54, 1.807) is 4.68 Å². The van der Waals surface area contributed by atoms with Crippen LogP contribution < -0.4 is 0 Å². The standard InChI is InChI=1S/C21H28N6O/c1-12-8-7-9-27(11-12)21(28)16-10-17(18-13(2)23-25(5)15(18)4)22-20-19(16)14(3)24-26(20)6/h10,12H,7-9,11H2,1-6H3. The van der Waals surface area contributed by atoms with Gasteiger partial charge in [0.05, 0.1) is 28.0 Å². The van der Waals surface area contributed by atoms with Crippen LogP contribution in [-0.2, 0) is 14.1 Å². The molecule has 0 aromatic carbocycles. The van der Waals surface area contributed by atoms with E-state index in [0.717, 1.165) is 58.9 Å². The van der Waals surface area contributed by atoms with Crippen LogP contribution in [0.1, 0.15) is 47.2 Å². The lowest BCUT2D eigenvalue weighted by Crippen LogP contribution is -2.39. The van der Waals surface area contributed by atoms with E-state index in [1.807, 2.05) is 50.5 Å². The summed E-state index contributed by atoms with van der Waals surface area (Å²) >= 11 is 0. The van der Waals surface area contributed by atoms with Gasteiger partial charge in [0.25, 0.3) is 5.91 Å². The second kappa shape index (κ2) is 6.72. The van der Waals surface area contributed by atoms with Crippen LogP contribution in [0.3, 0.4) is 0 Å². The molecule has 0 saturated carbocycles. The van der Waals surface area contributed by atoms with E-state index in [9.17, 15) is 4.79 Å². The number of fused-ring (bicyclic) bond motifs is 1. The Bertz CT molecular complexity index is 1080. The van der Waals surface area contributed by atoms with Crippen molar-refractivity contribution in [1.82, 2.24) is 29.4 Å². The van der Waals surface area contributed by atoms with Gasteiger partial charge in [0.1, 0.15) is 0 Å². The second-order valence-corrected chi connectivity index (χ2v) is 8.13. The molecule has 1 fully saturated rings. The Labute approximate surface area is 165 Å². The topological polar surface area (TPSA) is 68.8 Å². The first kappa shape index (κ1) is 18.7. The van der Waals surface area contributed by atoms with Crippen molar-refractivity contribution in [2.24, 2.45) is 20.0 Å². The summed E-state index contributed by atoms with van der Waals surface area (Å²) in [4.78, 5) is 20.4. The van der Waals surface area contributed by atoms with Crippen molar-refractivity contribution >= 4 is 16.9 Å². The van der Waals surface area contributed by atoms with E-state index < -0.39 is 0 Å². The number of carbonyl (C=O) groups is 1. The highest BCUT2D eigenvalue weighted by molar-refractivity contribution is 6.07. The third-order valence-corrected chi connectivity index (χ3v) is 5.91. The maximum atomic E-state index is 13.5. The molecule has 7 nitrogen and oxygen atoms in total. The maximum absolute atomic E-state index is 13.5. The summed E-state index contributed by atoms with van der Waals surface area (Å²) < 4.78 is 3.63. The number of nitrogens with zero attached hydrogens (tertiary/aromatic N) is 6. The average molecular weight is 380 g/mol. The zero-order valence-corrected chi connectivity index (χ0v) is 17.6. The third kappa shape index (κ3) is 2.89. The smallest absolute Gasteiger partial charge is 0.254 e. The molecule has 0 aliphatic carbocycles. The Morgan fingerprint density at radius 2 is 1.82 bits per heavy atom. The lowest BCUT2D eigenvalue weighted by Gasteiger charge is -2.31. The highest BCUT2D eigenvalue weighted by Gasteiger charge is 2.27. The molecule has 7 heteroatoms. The number of aryl methyl sites for hydroxylation is 4. The molecule has 0 radical (unpaired) electrons. The fourth-order valence-corrected chi connectivity index (χ4v) is 4.43. The highest BCUT2D eigenvalue weighted by Crippen LogP contribution is 2.31. The molecule has 1 saturated heterocycles. The van der Waals surface area contributed by atoms with Crippen molar-refractivity contribution in [1.29, 1.82) is 0 Å².